The van der Waals surface area contributed by atoms with Crippen molar-refractivity contribution in [1.82, 2.24) is 0 Å². The molecule has 0 aliphatic carbocycles. The zero-order chi connectivity index (χ0) is 10.0. The van der Waals surface area contributed by atoms with Crippen molar-refractivity contribution in [3.05, 3.63) is 29.8 Å². The van der Waals surface area contributed by atoms with Gasteiger partial charge in [-0.25, -0.2) is 0 Å². The Morgan fingerprint density at radius 3 is 3.00 bits per heavy atom. The highest BCUT2D eigenvalue weighted by Gasteiger charge is 2.33. The van der Waals surface area contributed by atoms with Crippen LogP contribution in [0.3, 0.4) is 0 Å². The van der Waals surface area contributed by atoms with E-state index in [9.17, 15) is 4.79 Å². The third kappa shape index (κ3) is 1.65. The van der Waals surface area contributed by atoms with Crippen molar-refractivity contribution in [2.45, 2.75) is 31.8 Å². The molecule has 0 amide bonds. The van der Waals surface area contributed by atoms with Crippen molar-refractivity contribution in [3.8, 4) is 5.75 Å². The Balaban J connectivity index is 2.13. The summed E-state index contributed by atoms with van der Waals surface area (Å²) in [4.78, 5) is 10.3. The third-order valence-electron chi connectivity index (χ3n) is 2.68. The van der Waals surface area contributed by atoms with Crippen molar-refractivity contribution in [3.63, 3.8) is 0 Å². The topological polar surface area (TPSA) is 26.3 Å². The highest BCUT2D eigenvalue weighted by molar-refractivity contribution is 5.49. The number of ether oxygens (including phenoxy) is 1. The number of carbonyl (C=O) groups excluding carboxylic acids is 1. The molecule has 1 aromatic carbocycles. The number of fused-ring (bicyclic) bond motifs is 1. The fourth-order valence-corrected chi connectivity index (χ4v) is 1.96. The van der Waals surface area contributed by atoms with E-state index < -0.39 is 0 Å². The van der Waals surface area contributed by atoms with Crippen LogP contribution in [0.1, 0.15) is 25.3 Å². The molecule has 0 bridgehead atoms. The number of para-hydroxylation sites is 1. The molecule has 0 spiro atoms. The van der Waals surface area contributed by atoms with Gasteiger partial charge >= 0.3 is 0 Å². The molecule has 2 rings (SSSR count). The molecule has 14 heavy (non-hydrogen) atoms. The summed E-state index contributed by atoms with van der Waals surface area (Å²) in [5.74, 6) is 0.973. The summed E-state index contributed by atoms with van der Waals surface area (Å²) in [7, 11) is 0. The van der Waals surface area contributed by atoms with E-state index >= 15 is 0 Å². The van der Waals surface area contributed by atoms with Crippen molar-refractivity contribution < 1.29 is 9.53 Å². The summed E-state index contributed by atoms with van der Waals surface area (Å²) in [5, 5.41) is 0. The van der Waals surface area contributed by atoms with Crippen LogP contribution in [0.5, 0.6) is 5.75 Å². The molecule has 1 aliphatic heterocycles. The van der Waals surface area contributed by atoms with Gasteiger partial charge in [-0.2, -0.15) is 0 Å². The van der Waals surface area contributed by atoms with E-state index in [1.807, 2.05) is 18.2 Å². The van der Waals surface area contributed by atoms with Crippen LogP contribution in [0.4, 0.5) is 0 Å². The molecule has 1 aromatic rings. The third-order valence-corrected chi connectivity index (χ3v) is 2.68. The summed E-state index contributed by atoms with van der Waals surface area (Å²) in [6.07, 6.45) is 3.24. The van der Waals surface area contributed by atoms with Crippen molar-refractivity contribution in [2.24, 2.45) is 0 Å². The predicted octanol–water partition coefficient (Wildman–Crippen LogP) is 2.36. The van der Waals surface area contributed by atoms with Crippen molar-refractivity contribution in [2.75, 3.05) is 0 Å². The minimum atomic E-state index is -0.176. The maximum Gasteiger partial charge on any atom is 0.123 e. The average Bonchev–Trinajstić information content (AvgIpc) is 2.51. The van der Waals surface area contributed by atoms with Gasteiger partial charge in [0.25, 0.3) is 0 Å². The van der Waals surface area contributed by atoms with Crippen LogP contribution in [0.2, 0.25) is 0 Å². The second kappa shape index (κ2) is 3.45. The summed E-state index contributed by atoms with van der Waals surface area (Å²) in [6, 6.07) is 8.07. The number of hydrogen-bond acceptors (Lipinski definition) is 2. The second-order valence-electron chi connectivity index (χ2n) is 4.04. The van der Waals surface area contributed by atoms with Gasteiger partial charge in [0.1, 0.15) is 17.6 Å². The highest BCUT2D eigenvalue weighted by atomic mass is 16.5. The maximum atomic E-state index is 10.3. The van der Waals surface area contributed by atoms with Crippen LogP contribution in [0.25, 0.3) is 0 Å². The zero-order valence-electron chi connectivity index (χ0n) is 8.32. The highest BCUT2D eigenvalue weighted by Crippen LogP contribution is 2.36. The van der Waals surface area contributed by atoms with Gasteiger partial charge in [-0.3, -0.25) is 0 Å². The molecule has 2 heteroatoms. The Kier molecular flexibility index (Phi) is 2.28. The maximum absolute atomic E-state index is 10.3. The average molecular weight is 190 g/mol. The Morgan fingerprint density at radius 2 is 2.29 bits per heavy atom. The molecule has 1 atom stereocenters. The number of aldehydes is 1. The van der Waals surface area contributed by atoms with E-state index in [4.69, 9.17) is 4.74 Å². The molecule has 0 saturated carbocycles. The van der Waals surface area contributed by atoms with E-state index in [0.717, 1.165) is 24.9 Å². The second-order valence-corrected chi connectivity index (χ2v) is 4.04. The van der Waals surface area contributed by atoms with Crippen LogP contribution in [0.15, 0.2) is 24.3 Å². The first-order chi connectivity index (χ1) is 6.73. The van der Waals surface area contributed by atoms with E-state index in [2.05, 4.69) is 13.0 Å². The molecule has 0 N–H and O–H groups in total. The molecule has 0 saturated heterocycles. The van der Waals surface area contributed by atoms with Crippen LogP contribution >= 0.6 is 0 Å². The van der Waals surface area contributed by atoms with Crippen LogP contribution < -0.4 is 4.74 Å². The molecule has 1 unspecified atom stereocenters. The van der Waals surface area contributed by atoms with Gasteiger partial charge in [-0.1, -0.05) is 18.2 Å². The minimum Gasteiger partial charge on any atom is -0.487 e. The largest absolute Gasteiger partial charge is 0.487 e. The smallest absolute Gasteiger partial charge is 0.123 e. The summed E-state index contributed by atoms with van der Waals surface area (Å²) >= 11 is 0. The first kappa shape index (κ1) is 9.25. The molecule has 0 fully saturated rings. The first-order valence-electron chi connectivity index (χ1n) is 4.94. The fraction of sp³-hybridized carbons (Fsp3) is 0.417. The van der Waals surface area contributed by atoms with Gasteiger partial charge < -0.3 is 9.53 Å². The molecular weight excluding hydrogens is 176 g/mol. The Bertz CT molecular complexity index is 319. The van der Waals surface area contributed by atoms with Gasteiger partial charge in [-0.05, 0) is 25.0 Å². The fourth-order valence-electron chi connectivity index (χ4n) is 1.96. The summed E-state index contributed by atoms with van der Waals surface area (Å²) < 4.78 is 5.84. The van der Waals surface area contributed by atoms with Gasteiger partial charge in [0.2, 0.25) is 0 Å². The summed E-state index contributed by atoms with van der Waals surface area (Å²) in [6.45, 7) is 2.07. The van der Waals surface area contributed by atoms with Gasteiger partial charge in [0.05, 0.1) is 0 Å². The lowest BCUT2D eigenvalue weighted by molar-refractivity contribution is -0.108. The standard InChI is InChI=1S/C12H14O2/c1-12(7-4-8-13)9-10-5-2-3-6-11(10)14-12/h2-3,5-6,8H,4,7,9H2,1H3. The molecule has 1 aliphatic rings. The van der Waals surface area contributed by atoms with Gasteiger partial charge in [0, 0.05) is 12.8 Å². The monoisotopic (exact) mass is 190 g/mol. The lowest BCUT2D eigenvalue weighted by Gasteiger charge is -2.22. The van der Waals surface area contributed by atoms with Crippen LogP contribution in [-0.4, -0.2) is 11.9 Å². The van der Waals surface area contributed by atoms with E-state index in [1.54, 1.807) is 0 Å². The molecule has 0 radical (unpaired) electrons. The number of hydrogen-bond donors (Lipinski definition) is 0. The number of benzene rings is 1. The van der Waals surface area contributed by atoms with Crippen LogP contribution in [-0.2, 0) is 11.2 Å². The quantitative estimate of drug-likeness (QED) is 0.684. The number of rotatable bonds is 3. The van der Waals surface area contributed by atoms with Gasteiger partial charge in [-0.15, -0.1) is 0 Å². The molecule has 74 valence electrons. The number of carbonyl (C=O) groups is 1. The van der Waals surface area contributed by atoms with E-state index in [0.29, 0.717) is 6.42 Å². The summed E-state index contributed by atoms with van der Waals surface area (Å²) in [5.41, 5.74) is 1.07. The molecular formula is C12H14O2. The Hall–Kier alpha value is -1.31. The molecule has 0 aromatic heterocycles. The lowest BCUT2D eigenvalue weighted by Crippen LogP contribution is -2.30. The van der Waals surface area contributed by atoms with Crippen LogP contribution in [0, 0.1) is 0 Å². The van der Waals surface area contributed by atoms with Gasteiger partial charge in [0.15, 0.2) is 0 Å². The lowest BCUT2D eigenvalue weighted by atomic mass is 9.94. The van der Waals surface area contributed by atoms with E-state index in [1.165, 1.54) is 5.56 Å². The SMILES string of the molecule is CC1(CCC=O)Cc2ccccc2O1. The molecule has 2 nitrogen and oxygen atoms in total. The van der Waals surface area contributed by atoms with Crippen molar-refractivity contribution >= 4 is 6.29 Å². The predicted molar refractivity (Wildman–Crippen MR) is 54.5 cm³/mol. The first-order valence-corrected chi connectivity index (χ1v) is 4.94. The Morgan fingerprint density at radius 1 is 1.50 bits per heavy atom. The van der Waals surface area contributed by atoms with E-state index in [-0.39, 0.29) is 5.60 Å². The molecule has 1 heterocycles. The zero-order valence-corrected chi connectivity index (χ0v) is 8.32. The Labute approximate surface area is 83.9 Å². The normalized spacial score (nSPS) is 24.1. The van der Waals surface area contributed by atoms with Crippen molar-refractivity contribution in [1.29, 1.82) is 0 Å². The minimum absolute atomic E-state index is 0.176.